The first-order chi connectivity index (χ1) is 18.4. The van der Waals surface area contributed by atoms with Gasteiger partial charge in [0, 0.05) is 11.1 Å². The van der Waals surface area contributed by atoms with Crippen molar-refractivity contribution in [1.29, 1.82) is 0 Å². The van der Waals surface area contributed by atoms with Crippen LogP contribution in [0, 0.1) is 0 Å². The van der Waals surface area contributed by atoms with Gasteiger partial charge >= 0.3 is 0 Å². The quantitative estimate of drug-likeness (QED) is 0.161. The van der Waals surface area contributed by atoms with Crippen molar-refractivity contribution in [3.05, 3.63) is 144 Å². The summed E-state index contributed by atoms with van der Waals surface area (Å²) in [7, 11) is 0. The fourth-order valence-electron chi connectivity index (χ4n) is 4.43. The van der Waals surface area contributed by atoms with Crippen molar-refractivity contribution in [2.75, 3.05) is 0 Å². The smallest absolute Gasteiger partial charge is 0.134 e. The minimum Gasteiger partial charge on any atom is -0.456 e. The van der Waals surface area contributed by atoms with E-state index in [-0.39, 0.29) is 0 Å². The molecule has 0 aliphatic rings. The van der Waals surface area contributed by atoms with Gasteiger partial charge in [0.1, 0.15) is 11.5 Å². The molecule has 0 amide bonds. The molecule has 4 rings (SSSR count). The monoisotopic (exact) mass is 486 g/mol. The molecule has 0 heterocycles. The Kier molecular flexibility index (Phi) is 10.9. The average molecular weight is 487 g/mol. The van der Waals surface area contributed by atoms with Crippen molar-refractivity contribution < 1.29 is 4.74 Å². The lowest BCUT2D eigenvalue weighted by Gasteiger charge is -2.11. The van der Waals surface area contributed by atoms with Crippen molar-refractivity contribution in [3.8, 4) is 11.5 Å². The first-order valence-electron chi connectivity index (χ1n) is 13.7. The summed E-state index contributed by atoms with van der Waals surface area (Å²) in [6.07, 6.45) is 18.2. The molecule has 0 radical (unpaired) electrons. The molecule has 0 saturated carbocycles. The third kappa shape index (κ3) is 9.28. The number of hydrogen-bond donors (Lipinski definition) is 0. The Balaban J connectivity index is 1.26. The van der Waals surface area contributed by atoms with Gasteiger partial charge in [0.25, 0.3) is 0 Å². The second-order valence-electron chi connectivity index (χ2n) is 9.45. The molecule has 1 heteroatoms. The molecule has 4 aromatic rings. The summed E-state index contributed by atoms with van der Waals surface area (Å²) < 4.78 is 6.41. The molecular weight excluding hydrogens is 448 g/mol. The minimum absolute atomic E-state index is 0.895. The van der Waals surface area contributed by atoms with Gasteiger partial charge in [0.15, 0.2) is 0 Å². The van der Waals surface area contributed by atoms with E-state index in [1.807, 2.05) is 12.1 Å². The second kappa shape index (κ2) is 15.3. The first kappa shape index (κ1) is 26.2. The number of hydrogen-bond acceptors (Lipinski definition) is 1. The zero-order chi connectivity index (χ0) is 25.4. The highest BCUT2D eigenvalue weighted by atomic mass is 16.5. The predicted octanol–water partition coefficient (Wildman–Crippen LogP) is 10.3. The average Bonchev–Trinajstić information content (AvgIpc) is 2.95. The molecule has 0 saturated heterocycles. The van der Waals surface area contributed by atoms with Crippen LogP contribution in [0.4, 0.5) is 0 Å². The largest absolute Gasteiger partial charge is 0.456 e. The summed E-state index contributed by atoms with van der Waals surface area (Å²) >= 11 is 0. The predicted molar refractivity (Wildman–Crippen MR) is 159 cm³/mol. The number of aryl methyl sites for hydroxylation is 2. The second-order valence-corrected chi connectivity index (χ2v) is 9.45. The van der Waals surface area contributed by atoms with Gasteiger partial charge in [-0.15, -0.1) is 0 Å². The summed E-state index contributed by atoms with van der Waals surface area (Å²) in [5.74, 6) is 1.79. The normalized spacial score (nSPS) is 11.4. The van der Waals surface area contributed by atoms with Crippen LogP contribution in [0.25, 0.3) is 12.2 Å². The lowest BCUT2D eigenvalue weighted by atomic mass is 10.1. The van der Waals surface area contributed by atoms with E-state index >= 15 is 0 Å². The fraction of sp³-hybridized carbons (Fsp3) is 0.222. The van der Waals surface area contributed by atoms with E-state index in [4.69, 9.17) is 4.74 Å². The van der Waals surface area contributed by atoms with Crippen LogP contribution in [0.1, 0.15) is 60.8 Å². The third-order valence-corrected chi connectivity index (χ3v) is 6.51. The van der Waals surface area contributed by atoms with Crippen molar-refractivity contribution in [2.45, 2.75) is 51.4 Å². The summed E-state index contributed by atoms with van der Waals surface area (Å²) in [5.41, 5.74) is 5.07. The Labute approximate surface area is 223 Å². The highest BCUT2D eigenvalue weighted by Gasteiger charge is 2.05. The molecular formula is C36H38O. The van der Waals surface area contributed by atoms with Crippen LogP contribution in [0.2, 0.25) is 0 Å². The van der Waals surface area contributed by atoms with E-state index in [1.54, 1.807) is 0 Å². The van der Waals surface area contributed by atoms with Gasteiger partial charge in [-0.1, -0.05) is 121 Å². The zero-order valence-electron chi connectivity index (χ0n) is 21.8. The lowest BCUT2D eigenvalue weighted by molar-refractivity contribution is 0.480. The fourth-order valence-corrected chi connectivity index (χ4v) is 4.43. The van der Waals surface area contributed by atoms with Gasteiger partial charge < -0.3 is 4.74 Å². The van der Waals surface area contributed by atoms with Crippen molar-refractivity contribution in [2.24, 2.45) is 0 Å². The molecule has 0 aliphatic heterocycles. The maximum atomic E-state index is 6.41. The van der Waals surface area contributed by atoms with Gasteiger partial charge in [-0.05, 0) is 74.6 Å². The minimum atomic E-state index is 0.895. The van der Waals surface area contributed by atoms with Gasteiger partial charge in [-0.25, -0.2) is 0 Å². The van der Waals surface area contributed by atoms with Crippen molar-refractivity contribution in [3.63, 3.8) is 0 Å². The lowest BCUT2D eigenvalue weighted by Crippen LogP contribution is -1.90. The summed E-state index contributed by atoms with van der Waals surface area (Å²) in [4.78, 5) is 0. The number of para-hydroxylation sites is 2. The highest BCUT2D eigenvalue weighted by Crippen LogP contribution is 2.30. The number of allylic oxidation sites excluding steroid dienone is 2. The number of ether oxygens (including phenoxy) is 1. The van der Waals surface area contributed by atoms with Crippen LogP contribution in [-0.4, -0.2) is 0 Å². The van der Waals surface area contributed by atoms with Gasteiger partial charge in [0.05, 0.1) is 0 Å². The van der Waals surface area contributed by atoms with Crippen LogP contribution >= 0.6 is 0 Å². The molecule has 0 bridgehead atoms. The van der Waals surface area contributed by atoms with Crippen LogP contribution in [0.3, 0.4) is 0 Å². The number of rotatable bonds is 14. The van der Waals surface area contributed by atoms with Gasteiger partial charge in [-0.2, -0.15) is 0 Å². The van der Waals surface area contributed by atoms with Crippen LogP contribution in [0.5, 0.6) is 11.5 Å². The third-order valence-electron chi connectivity index (χ3n) is 6.51. The molecule has 0 spiro atoms. The van der Waals surface area contributed by atoms with Gasteiger partial charge in [-0.3, -0.25) is 0 Å². The molecule has 0 unspecified atom stereocenters. The standard InChI is InChI=1S/C36H38O/c1(7-19-31-21-9-5-10-22-31)3-13-25-33-27-15-17-29-35(33)37-36-30-18-16-28-34(36)26-14-4-2-8-20-32-23-11-6-12-24-32/h5-6,9-18,21-30H,1-4,7-8,19-20H2. The van der Waals surface area contributed by atoms with Crippen LogP contribution in [-0.2, 0) is 12.8 Å². The van der Waals surface area contributed by atoms with E-state index < -0.39 is 0 Å². The van der Waals surface area contributed by atoms with E-state index in [2.05, 4.69) is 121 Å². The molecule has 188 valence electrons. The van der Waals surface area contributed by atoms with E-state index in [9.17, 15) is 0 Å². The van der Waals surface area contributed by atoms with E-state index in [0.717, 1.165) is 48.3 Å². The number of unbranched alkanes of at least 4 members (excludes halogenated alkanes) is 4. The maximum Gasteiger partial charge on any atom is 0.134 e. The van der Waals surface area contributed by atoms with E-state index in [0.29, 0.717) is 0 Å². The summed E-state index contributed by atoms with van der Waals surface area (Å²) in [6.45, 7) is 0. The zero-order valence-corrected chi connectivity index (χ0v) is 21.8. The topological polar surface area (TPSA) is 9.23 Å². The molecule has 37 heavy (non-hydrogen) atoms. The Morgan fingerprint density at radius 3 is 1.30 bits per heavy atom. The molecule has 0 atom stereocenters. The van der Waals surface area contributed by atoms with Crippen molar-refractivity contribution >= 4 is 12.2 Å². The molecule has 0 fully saturated rings. The molecule has 0 aromatic heterocycles. The summed E-state index contributed by atoms with van der Waals surface area (Å²) in [6, 6.07) is 38.1. The summed E-state index contributed by atoms with van der Waals surface area (Å²) in [5, 5.41) is 0. The SMILES string of the molecule is C(=Cc1ccccc1Oc1ccccc1C=CCCCCc1ccccc1)CCCCc1ccccc1. The Morgan fingerprint density at radius 2 is 0.838 bits per heavy atom. The first-order valence-corrected chi connectivity index (χ1v) is 13.7. The molecule has 0 aliphatic carbocycles. The van der Waals surface area contributed by atoms with Crippen molar-refractivity contribution in [1.82, 2.24) is 0 Å². The Morgan fingerprint density at radius 1 is 0.432 bits per heavy atom. The van der Waals surface area contributed by atoms with Gasteiger partial charge in [0.2, 0.25) is 0 Å². The molecule has 1 nitrogen and oxygen atoms in total. The highest BCUT2D eigenvalue weighted by molar-refractivity contribution is 5.61. The van der Waals surface area contributed by atoms with E-state index in [1.165, 1.54) is 36.8 Å². The van der Waals surface area contributed by atoms with Crippen LogP contribution < -0.4 is 4.74 Å². The molecule has 0 N–H and O–H groups in total. The Hall–Kier alpha value is -3.84. The van der Waals surface area contributed by atoms with Crippen LogP contribution in [0.15, 0.2) is 121 Å². The number of benzene rings is 4. The maximum absolute atomic E-state index is 6.41. The molecule has 4 aromatic carbocycles. The Bertz CT molecular complexity index is 1140.